The molecule has 0 radical (unpaired) electrons. The number of thiophene rings is 1. The second kappa shape index (κ2) is 5.32. The van der Waals surface area contributed by atoms with E-state index in [9.17, 15) is 0 Å². The van der Waals surface area contributed by atoms with E-state index in [1.54, 1.807) is 22.7 Å². The van der Waals surface area contributed by atoms with Crippen LogP contribution in [0.25, 0.3) is 12.2 Å². The maximum Gasteiger partial charge on any atom is 0.184 e. The first-order valence-electron chi connectivity index (χ1n) is 5.73. The Balaban J connectivity index is 1.71. The van der Waals surface area contributed by atoms with Crippen LogP contribution < -0.4 is 0 Å². The van der Waals surface area contributed by atoms with Crippen LogP contribution in [0.3, 0.4) is 0 Å². The molecule has 0 N–H and O–H groups in total. The molecule has 5 heteroatoms. The highest BCUT2D eigenvalue weighted by atomic mass is 32.1. The molecule has 3 rings (SSSR count). The van der Waals surface area contributed by atoms with Gasteiger partial charge in [0.25, 0.3) is 0 Å². The van der Waals surface area contributed by atoms with Gasteiger partial charge in [0.15, 0.2) is 6.29 Å². The van der Waals surface area contributed by atoms with Crippen LogP contribution in [0.15, 0.2) is 16.8 Å². The molecule has 0 amide bonds. The molecule has 0 bridgehead atoms. The monoisotopic (exact) mass is 279 g/mol. The van der Waals surface area contributed by atoms with Gasteiger partial charge in [0.2, 0.25) is 0 Å². The topological polar surface area (TPSA) is 31.4 Å². The van der Waals surface area contributed by atoms with Crippen LogP contribution in [0.1, 0.15) is 27.4 Å². The van der Waals surface area contributed by atoms with Gasteiger partial charge in [-0.15, -0.1) is 22.7 Å². The molecule has 0 atom stereocenters. The average molecular weight is 279 g/mol. The molecular formula is C13H13NO2S2. The molecule has 18 heavy (non-hydrogen) atoms. The Morgan fingerprint density at radius 2 is 2.06 bits per heavy atom. The fourth-order valence-electron chi connectivity index (χ4n) is 1.75. The fourth-order valence-corrected chi connectivity index (χ4v) is 3.14. The number of hydrogen-bond acceptors (Lipinski definition) is 5. The molecule has 2 aromatic heterocycles. The Morgan fingerprint density at radius 3 is 2.78 bits per heavy atom. The SMILES string of the molecule is Cc1nc(C=Cc2cc(C3OCCO3)cs2)cs1. The summed E-state index contributed by atoms with van der Waals surface area (Å²) in [5.74, 6) is 0. The molecule has 3 nitrogen and oxygen atoms in total. The van der Waals surface area contributed by atoms with Gasteiger partial charge in [0, 0.05) is 15.8 Å². The normalized spacial score (nSPS) is 16.9. The molecule has 0 aliphatic carbocycles. The van der Waals surface area contributed by atoms with Gasteiger partial charge in [0.1, 0.15) is 0 Å². The minimum atomic E-state index is -0.176. The summed E-state index contributed by atoms with van der Waals surface area (Å²) in [5, 5.41) is 5.24. The maximum atomic E-state index is 5.47. The molecule has 0 unspecified atom stereocenters. The Bertz CT molecular complexity index is 553. The average Bonchev–Trinajstić information content (AvgIpc) is 3.07. The van der Waals surface area contributed by atoms with Gasteiger partial charge in [-0.25, -0.2) is 4.98 Å². The Hall–Kier alpha value is -1.01. The minimum Gasteiger partial charge on any atom is -0.346 e. The summed E-state index contributed by atoms with van der Waals surface area (Å²) in [4.78, 5) is 5.59. The molecule has 94 valence electrons. The summed E-state index contributed by atoms with van der Waals surface area (Å²) in [7, 11) is 0. The molecule has 2 aromatic rings. The number of nitrogens with zero attached hydrogens (tertiary/aromatic N) is 1. The van der Waals surface area contributed by atoms with Gasteiger partial charge in [-0.3, -0.25) is 0 Å². The predicted molar refractivity (Wildman–Crippen MR) is 74.7 cm³/mol. The Morgan fingerprint density at radius 1 is 1.22 bits per heavy atom. The van der Waals surface area contributed by atoms with Crippen LogP contribution in [-0.4, -0.2) is 18.2 Å². The Kier molecular flexibility index (Phi) is 3.56. The van der Waals surface area contributed by atoms with Gasteiger partial charge in [-0.05, 0) is 30.5 Å². The van der Waals surface area contributed by atoms with E-state index in [4.69, 9.17) is 9.47 Å². The zero-order valence-electron chi connectivity index (χ0n) is 9.96. The van der Waals surface area contributed by atoms with Crippen molar-refractivity contribution in [1.29, 1.82) is 0 Å². The van der Waals surface area contributed by atoms with E-state index in [0.29, 0.717) is 13.2 Å². The molecular weight excluding hydrogens is 266 g/mol. The zero-order chi connectivity index (χ0) is 12.4. The third kappa shape index (κ3) is 2.70. The van der Waals surface area contributed by atoms with Gasteiger partial charge in [-0.2, -0.15) is 0 Å². The molecule has 0 spiro atoms. The summed E-state index contributed by atoms with van der Waals surface area (Å²) >= 11 is 3.36. The number of aryl methyl sites for hydroxylation is 1. The van der Waals surface area contributed by atoms with Crippen molar-refractivity contribution in [1.82, 2.24) is 4.98 Å². The van der Waals surface area contributed by atoms with E-state index in [-0.39, 0.29) is 6.29 Å². The van der Waals surface area contributed by atoms with Crippen LogP contribution in [0.5, 0.6) is 0 Å². The first-order chi connectivity index (χ1) is 8.81. The van der Waals surface area contributed by atoms with Crippen molar-refractivity contribution >= 4 is 34.8 Å². The van der Waals surface area contributed by atoms with E-state index in [1.807, 2.05) is 13.0 Å². The number of ether oxygens (including phenoxy) is 2. The van der Waals surface area contributed by atoms with Crippen LogP contribution >= 0.6 is 22.7 Å². The van der Waals surface area contributed by atoms with Gasteiger partial charge >= 0.3 is 0 Å². The fraction of sp³-hybridized carbons (Fsp3) is 0.308. The number of aromatic nitrogens is 1. The van der Waals surface area contributed by atoms with Crippen molar-refractivity contribution < 1.29 is 9.47 Å². The molecule has 1 fully saturated rings. The lowest BCUT2D eigenvalue weighted by molar-refractivity contribution is -0.0438. The minimum absolute atomic E-state index is 0.176. The van der Waals surface area contributed by atoms with E-state index < -0.39 is 0 Å². The van der Waals surface area contributed by atoms with E-state index in [2.05, 4.69) is 27.9 Å². The second-order valence-electron chi connectivity index (χ2n) is 3.98. The van der Waals surface area contributed by atoms with Crippen molar-refractivity contribution in [3.63, 3.8) is 0 Å². The van der Waals surface area contributed by atoms with Gasteiger partial charge in [-0.1, -0.05) is 0 Å². The molecule has 1 aliphatic heterocycles. The second-order valence-corrected chi connectivity index (χ2v) is 5.99. The quantitative estimate of drug-likeness (QED) is 0.858. The summed E-state index contributed by atoms with van der Waals surface area (Å²) in [5.41, 5.74) is 2.12. The number of hydrogen-bond donors (Lipinski definition) is 0. The first kappa shape index (κ1) is 12.0. The maximum absolute atomic E-state index is 5.47. The zero-order valence-corrected chi connectivity index (χ0v) is 11.6. The highest BCUT2D eigenvalue weighted by molar-refractivity contribution is 7.11. The van der Waals surface area contributed by atoms with E-state index in [1.165, 1.54) is 4.88 Å². The van der Waals surface area contributed by atoms with Crippen molar-refractivity contribution in [3.05, 3.63) is 38.0 Å². The molecule has 1 saturated heterocycles. The molecule has 0 saturated carbocycles. The summed E-state index contributed by atoms with van der Waals surface area (Å²) < 4.78 is 10.9. The summed E-state index contributed by atoms with van der Waals surface area (Å²) in [6, 6.07) is 2.11. The molecule has 1 aliphatic rings. The summed E-state index contributed by atoms with van der Waals surface area (Å²) in [6.07, 6.45) is 3.94. The Labute approximate surface area is 114 Å². The highest BCUT2D eigenvalue weighted by Gasteiger charge is 2.18. The van der Waals surface area contributed by atoms with Crippen molar-refractivity contribution in [2.45, 2.75) is 13.2 Å². The third-order valence-electron chi connectivity index (χ3n) is 2.59. The van der Waals surface area contributed by atoms with Crippen LogP contribution in [-0.2, 0) is 9.47 Å². The van der Waals surface area contributed by atoms with Crippen molar-refractivity contribution in [3.8, 4) is 0 Å². The largest absolute Gasteiger partial charge is 0.346 e. The lowest BCUT2D eigenvalue weighted by Gasteiger charge is -2.04. The highest BCUT2D eigenvalue weighted by Crippen LogP contribution is 2.28. The lowest BCUT2D eigenvalue weighted by Crippen LogP contribution is -1.94. The van der Waals surface area contributed by atoms with Crippen LogP contribution in [0.2, 0.25) is 0 Å². The van der Waals surface area contributed by atoms with E-state index in [0.717, 1.165) is 16.3 Å². The number of rotatable bonds is 3. The third-order valence-corrected chi connectivity index (χ3v) is 4.30. The summed E-state index contributed by atoms with van der Waals surface area (Å²) in [6.45, 7) is 3.38. The lowest BCUT2D eigenvalue weighted by atomic mass is 10.3. The standard InChI is InChI=1S/C13H13NO2S2/c1-9-14-11(8-17-9)2-3-12-6-10(7-18-12)13-15-4-5-16-13/h2-3,6-8,13H,4-5H2,1H3. The van der Waals surface area contributed by atoms with Gasteiger partial charge in [0.05, 0.1) is 23.9 Å². The molecule has 3 heterocycles. The smallest absolute Gasteiger partial charge is 0.184 e. The van der Waals surface area contributed by atoms with Gasteiger partial charge < -0.3 is 9.47 Å². The van der Waals surface area contributed by atoms with Crippen molar-refractivity contribution in [2.75, 3.05) is 13.2 Å². The van der Waals surface area contributed by atoms with Crippen molar-refractivity contribution in [2.24, 2.45) is 0 Å². The molecule has 0 aromatic carbocycles. The number of thiazole rings is 1. The first-order valence-corrected chi connectivity index (χ1v) is 7.49. The van der Waals surface area contributed by atoms with Crippen LogP contribution in [0, 0.1) is 6.92 Å². The van der Waals surface area contributed by atoms with Crippen LogP contribution in [0.4, 0.5) is 0 Å². The predicted octanol–water partition coefficient (Wildman–Crippen LogP) is 3.73. The van der Waals surface area contributed by atoms with E-state index >= 15 is 0 Å².